The zero-order valence-corrected chi connectivity index (χ0v) is 13.9. The number of aromatic nitrogens is 2. The Hall–Kier alpha value is -1.00. The largest absolute Gasteiger partial charge is 0.342 e. The van der Waals surface area contributed by atoms with E-state index in [1.54, 1.807) is 0 Å². The molecule has 1 aliphatic rings. The molecule has 1 saturated heterocycles. The van der Waals surface area contributed by atoms with Crippen LogP contribution in [0, 0.1) is 13.8 Å². The van der Waals surface area contributed by atoms with E-state index in [2.05, 4.69) is 48.0 Å². The van der Waals surface area contributed by atoms with Gasteiger partial charge in [-0.15, -0.1) is 0 Å². The van der Waals surface area contributed by atoms with Crippen molar-refractivity contribution in [2.24, 2.45) is 0 Å². The second kappa shape index (κ2) is 6.84. The van der Waals surface area contributed by atoms with Crippen LogP contribution in [0.5, 0.6) is 0 Å². The zero-order chi connectivity index (χ0) is 14.7. The van der Waals surface area contributed by atoms with Crippen molar-refractivity contribution in [3.63, 3.8) is 0 Å². The van der Waals surface area contributed by atoms with Gasteiger partial charge in [0, 0.05) is 18.2 Å². The number of fused-ring (bicyclic) bond motifs is 1. The molecule has 3 nitrogen and oxygen atoms in total. The monoisotopic (exact) mass is 303 g/mol. The quantitative estimate of drug-likeness (QED) is 0.829. The van der Waals surface area contributed by atoms with E-state index in [-0.39, 0.29) is 0 Å². The molecule has 1 aliphatic heterocycles. The van der Waals surface area contributed by atoms with Crippen molar-refractivity contribution in [3.05, 3.63) is 29.1 Å². The summed E-state index contributed by atoms with van der Waals surface area (Å²) in [6.45, 7) is 5.40. The van der Waals surface area contributed by atoms with Crippen molar-refractivity contribution in [3.8, 4) is 0 Å². The Kier molecular flexibility index (Phi) is 4.86. The van der Waals surface area contributed by atoms with Crippen LogP contribution >= 0.6 is 11.8 Å². The molecule has 21 heavy (non-hydrogen) atoms. The maximum atomic E-state index is 4.77. The van der Waals surface area contributed by atoms with Gasteiger partial charge in [0.1, 0.15) is 5.82 Å². The van der Waals surface area contributed by atoms with Crippen LogP contribution in [0.1, 0.15) is 36.2 Å². The van der Waals surface area contributed by atoms with Gasteiger partial charge in [0.05, 0.1) is 11.0 Å². The van der Waals surface area contributed by atoms with Crippen LogP contribution in [0.2, 0.25) is 0 Å². The smallest absolute Gasteiger partial charge is 0.107 e. The molecule has 4 heteroatoms. The first kappa shape index (κ1) is 14.9. The first-order valence-electron chi connectivity index (χ1n) is 8.00. The average Bonchev–Trinajstić information content (AvgIpc) is 2.93. The minimum Gasteiger partial charge on any atom is -0.342 e. The Bertz CT molecular complexity index is 599. The lowest BCUT2D eigenvalue weighted by molar-refractivity contribution is 0.499. The molecule has 3 rings (SSSR count). The molecule has 114 valence electrons. The number of thioether (sulfide) groups is 1. The third-order valence-electron chi connectivity index (χ3n) is 4.41. The Morgan fingerprint density at radius 1 is 1.38 bits per heavy atom. The van der Waals surface area contributed by atoms with Gasteiger partial charge in [0.25, 0.3) is 0 Å². The Morgan fingerprint density at radius 2 is 2.29 bits per heavy atom. The van der Waals surface area contributed by atoms with Crippen LogP contribution in [-0.2, 0) is 6.42 Å². The summed E-state index contributed by atoms with van der Waals surface area (Å²) >= 11 is 2.08. The van der Waals surface area contributed by atoms with Crippen LogP contribution in [-0.4, -0.2) is 34.1 Å². The molecule has 2 aromatic rings. The summed E-state index contributed by atoms with van der Waals surface area (Å²) < 4.78 is 0. The highest BCUT2D eigenvalue weighted by Crippen LogP contribution is 2.20. The number of imidazole rings is 1. The standard InChI is InChI=1S/C17H25N3S/c1-12-7-8-15-17(13(12)2)20-16(19-15)6-3-9-18-14-5-4-10-21-11-14/h7-8,14,18H,3-6,9-11H2,1-2H3,(H,19,20)/t14-/m0/s1. The normalized spacial score (nSPS) is 19.2. The predicted octanol–water partition coefficient (Wildman–Crippen LogP) is 3.60. The second-order valence-electron chi connectivity index (χ2n) is 6.06. The number of rotatable bonds is 5. The number of hydrogen-bond donors (Lipinski definition) is 2. The summed E-state index contributed by atoms with van der Waals surface area (Å²) in [5, 5.41) is 3.68. The molecule has 0 spiro atoms. The van der Waals surface area contributed by atoms with Gasteiger partial charge in [-0.25, -0.2) is 4.98 Å². The minimum absolute atomic E-state index is 0.726. The van der Waals surface area contributed by atoms with E-state index in [0.717, 1.165) is 36.8 Å². The van der Waals surface area contributed by atoms with Gasteiger partial charge in [0.15, 0.2) is 0 Å². The third kappa shape index (κ3) is 3.61. The minimum atomic E-state index is 0.726. The van der Waals surface area contributed by atoms with E-state index in [1.807, 2.05) is 0 Å². The second-order valence-corrected chi connectivity index (χ2v) is 7.21. The molecule has 0 bridgehead atoms. The van der Waals surface area contributed by atoms with Crippen LogP contribution in [0.25, 0.3) is 11.0 Å². The van der Waals surface area contributed by atoms with E-state index < -0.39 is 0 Å². The van der Waals surface area contributed by atoms with Crippen molar-refractivity contribution >= 4 is 22.8 Å². The lowest BCUT2D eigenvalue weighted by Crippen LogP contribution is -2.34. The Labute approximate surface area is 131 Å². The first-order valence-corrected chi connectivity index (χ1v) is 9.15. The predicted molar refractivity (Wildman–Crippen MR) is 92.2 cm³/mol. The summed E-state index contributed by atoms with van der Waals surface area (Å²) in [5.41, 5.74) is 4.93. The van der Waals surface area contributed by atoms with Gasteiger partial charge in [-0.05, 0) is 62.6 Å². The molecule has 0 unspecified atom stereocenters. The molecule has 1 atom stereocenters. The molecule has 1 fully saturated rings. The number of nitrogens with one attached hydrogen (secondary N) is 2. The number of benzene rings is 1. The molecule has 0 amide bonds. The molecule has 1 aromatic heterocycles. The lowest BCUT2D eigenvalue weighted by Gasteiger charge is -2.22. The molecular formula is C17H25N3S. The van der Waals surface area contributed by atoms with Crippen LogP contribution in [0.4, 0.5) is 0 Å². The average molecular weight is 303 g/mol. The van der Waals surface area contributed by atoms with E-state index >= 15 is 0 Å². The van der Waals surface area contributed by atoms with Gasteiger partial charge in [-0.2, -0.15) is 11.8 Å². The highest BCUT2D eigenvalue weighted by Gasteiger charge is 2.12. The Morgan fingerprint density at radius 3 is 3.10 bits per heavy atom. The summed E-state index contributed by atoms with van der Waals surface area (Å²) in [5.74, 6) is 3.75. The topological polar surface area (TPSA) is 40.7 Å². The molecule has 2 heterocycles. The molecule has 2 N–H and O–H groups in total. The number of aryl methyl sites for hydroxylation is 3. The summed E-state index contributed by atoms with van der Waals surface area (Å²) in [4.78, 5) is 8.23. The zero-order valence-electron chi connectivity index (χ0n) is 13.0. The van der Waals surface area contributed by atoms with Gasteiger partial charge in [0.2, 0.25) is 0 Å². The fraction of sp³-hybridized carbons (Fsp3) is 0.588. The Balaban J connectivity index is 1.52. The number of aromatic amines is 1. The van der Waals surface area contributed by atoms with Gasteiger partial charge in [-0.1, -0.05) is 6.07 Å². The maximum Gasteiger partial charge on any atom is 0.107 e. The van der Waals surface area contributed by atoms with Gasteiger partial charge >= 0.3 is 0 Å². The van der Waals surface area contributed by atoms with Crippen molar-refractivity contribution in [2.75, 3.05) is 18.1 Å². The van der Waals surface area contributed by atoms with E-state index in [1.165, 1.54) is 41.0 Å². The van der Waals surface area contributed by atoms with Crippen LogP contribution in [0.3, 0.4) is 0 Å². The maximum absolute atomic E-state index is 4.77. The van der Waals surface area contributed by atoms with Crippen molar-refractivity contribution < 1.29 is 0 Å². The summed E-state index contributed by atoms with van der Waals surface area (Å²) in [7, 11) is 0. The van der Waals surface area contributed by atoms with E-state index in [4.69, 9.17) is 4.98 Å². The summed E-state index contributed by atoms with van der Waals surface area (Å²) in [6.07, 6.45) is 4.89. The highest BCUT2D eigenvalue weighted by atomic mass is 32.2. The van der Waals surface area contributed by atoms with Crippen LogP contribution in [0.15, 0.2) is 12.1 Å². The number of H-pyrrole nitrogens is 1. The molecule has 0 saturated carbocycles. The van der Waals surface area contributed by atoms with E-state index in [0.29, 0.717) is 0 Å². The van der Waals surface area contributed by atoms with Crippen LogP contribution < -0.4 is 5.32 Å². The van der Waals surface area contributed by atoms with Gasteiger partial charge in [-0.3, -0.25) is 0 Å². The molecular weight excluding hydrogens is 278 g/mol. The highest BCUT2D eigenvalue weighted by molar-refractivity contribution is 7.99. The fourth-order valence-corrected chi connectivity index (χ4v) is 4.05. The van der Waals surface area contributed by atoms with Gasteiger partial charge < -0.3 is 10.3 Å². The molecule has 0 radical (unpaired) electrons. The van der Waals surface area contributed by atoms with E-state index in [9.17, 15) is 0 Å². The fourth-order valence-electron chi connectivity index (χ4n) is 2.95. The lowest BCUT2D eigenvalue weighted by atomic mass is 10.1. The SMILES string of the molecule is Cc1ccc2[nH]c(CCCN[C@H]3CCCSC3)nc2c1C. The number of hydrogen-bond acceptors (Lipinski definition) is 3. The van der Waals surface area contributed by atoms with Crippen molar-refractivity contribution in [2.45, 2.75) is 45.6 Å². The summed E-state index contributed by atoms with van der Waals surface area (Å²) in [6, 6.07) is 5.04. The van der Waals surface area contributed by atoms with Crippen molar-refractivity contribution in [1.29, 1.82) is 0 Å². The molecule has 0 aliphatic carbocycles. The number of nitrogens with zero attached hydrogens (tertiary/aromatic N) is 1. The first-order chi connectivity index (χ1) is 10.2. The third-order valence-corrected chi connectivity index (χ3v) is 5.63. The van der Waals surface area contributed by atoms with Crippen molar-refractivity contribution in [1.82, 2.24) is 15.3 Å². The molecule has 1 aromatic carbocycles.